The number of anilines is 2. The van der Waals surface area contributed by atoms with Crippen molar-refractivity contribution in [1.29, 1.82) is 0 Å². The molecule has 0 aliphatic heterocycles. The fourth-order valence-electron chi connectivity index (χ4n) is 2.64. The van der Waals surface area contributed by atoms with Crippen molar-refractivity contribution in [3.05, 3.63) is 24.3 Å². The van der Waals surface area contributed by atoms with E-state index in [1.807, 2.05) is 14.1 Å². The molecule has 0 amide bonds. The van der Waals surface area contributed by atoms with Crippen LogP contribution >= 0.6 is 0 Å². The summed E-state index contributed by atoms with van der Waals surface area (Å²) in [7, 11) is 4.03. The van der Waals surface area contributed by atoms with Crippen LogP contribution in [0, 0.1) is 5.92 Å². The molecule has 1 saturated carbocycles. The number of rotatable bonds is 4. The third-order valence-electron chi connectivity index (χ3n) is 3.78. The third kappa shape index (κ3) is 3.63. The van der Waals surface area contributed by atoms with E-state index < -0.39 is 5.97 Å². The standard InChI is InChI=1S/C15H22N2O2/c1-17(2)14-8-6-12(7-9-14)16-13-5-3-4-11(10-13)15(18)19/h6-9,11,13,16H,3-5,10H2,1-2H3,(H,18,19). The van der Waals surface area contributed by atoms with E-state index in [-0.39, 0.29) is 12.0 Å². The Balaban J connectivity index is 1.95. The molecular formula is C15H22N2O2. The Kier molecular flexibility index (Phi) is 4.30. The third-order valence-corrected chi connectivity index (χ3v) is 3.78. The van der Waals surface area contributed by atoms with Crippen LogP contribution in [-0.2, 0) is 4.79 Å². The lowest BCUT2D eigenvalue weighted by Gasteiger charge is -2.28. The highest BCUT2D eigenvalue weighted by Gasteiger charge is 2.26. The minimum Gasteiger partial charge on any atom is -0.481 e. The minimum absolute atomic E-state index is 0.188. The first-order valence-corrected chi connectivity index (χ1v) is 6.83. The Hall–Kier alpha value is -1.71. The van der Waals surface area contributed by atoms with Crippen LogP contribution in [0.25, 0.3) is 0 Å². The molecule has 0 aromatic heterocycles. The van der Waals surface area contributed by atoms with Crippen molar-refractivity contribution >= 4 is 17.3 Å². The summed E-state index contributed by atoms with van der Waals surface area (Å²) in [5.74, 6) is -0.846. The molecule has 2 rings (SSSR count). The number of carboxylic acid groups (broad SMARTS) is 1. The second-order valence-corrected chi connectivity index (χ2v) is 5.48. The molecule has 2 N–H and O–H groups in total. The van der Waals surface area contributed by atoms with Crippen LogP contribution in [0.1, 0.15) is 25.7 Å². The lowest BCUT2D eigenvalue weighted by atomic mass is 9.85. The maximum atomic E-state index is 11.0. The fraction of sp³-hybridized carbons (Fsp3) is 0.533. The van der Waals surface area contributed by atoms with Crippen LogP contribution in [0.2, 0.25) is 0 Å². The van der Waals surface area contributed by atoms with Gasteiger partial charge in [-0.2, -0.15) is 0 Å². The normalized spacial score (nSPS) is 22.8. The largest absolute Gasteiger partial charge is 0.481 e. The summed E-state index contributed by atoms with van der Waals surface area (Å²) in [4.78, 5) is 13.1. The number of nitrogens with zero attached hydrogens (tertiary/aromatic N) is 1. The van der Waals surface area contributed by atoms with Gasteiger partial charge in [0.25, 0.3) is 0 Å². The van der Waals surface area contributed by atoms with Crippen LogP contribution in [-0.4, -0.2) is 31.2 Å². The van der Waals surface area contributed by atoms with Crippen molar-refractivity contribution < 1.29 is 9.90 Å². The molecule has 1 aliphatic rings. The summed E-state index contributed by atoms with van der Waals surface area (Å²) in [6, 6.07) is 8.53. The molecule has 0 heterocycles. The van der Waals surface area contributed by atoms with Crippen LogP contribution in [0.3, 0.4) is 0 Å². The maximum Gasteiger partial charge on any atom is 0.306 e. The molecule has 0 radical (unpaired) electrons. The quantitative estimate of drug-likeness (QED) is 0.876. The van der Waals surface area contributed by atoms with Gasteiger partial charge in [-0.1, -0.05) is 6.42 Å². The van der Waals surface area contributed by atoms with Crippen LogP contribution in [0.15, 0.2) is 24.3 Å². The molecular weight excluding hydrogens is 240 g/mol. The first kappa shape index (κ1) is 13.7. The monoisotopic (exact) mass is 262 g/mol. The smallest absolute Gasteiger partial charge is 0.306 e. The zero-order valence-electron chi connectivity index (χ0n) is 11.6. The molecule has 104 valence electrons. The summed E-state index contributed by atoms with van der Waals surface area (Å²) in [6.07, 6.45) is 3.58. The Morgan fingerprint density at radius 1 is 1.26 bits per heavy atom. The van der Waals surface area contributed by atoms with Crippen molar-refractivity contribution in [3.63, 3.8) is 0 Å². The first-order chi connectivity index (χ1) is 9.06. The number of carbonyl (C=O) groups is 1. The molecule has 0 spiro atoms. The highest BCUT2D eigenvalue weighted by molar-refractivity contribution is 5.70. The Morgan fingerprint density at radius 2 is 1.95 bits per heavy atom. The van der Waals surface area contributed by atoms with Gasteiger partial charge in [0.05, 0.1) is 5.92 Å². The van der Waals surface area contributed by atoms with E-state index in [0.29, 0.717) is 0 Å². The predicted octanol–water partition coefficient (Wildman–Crippen LogP) is 2.81. The lowest BCUT2D eigenvalue weighted by molar-refractivity contribution is -0.142. The number of aliphatic carboxylic acids is 1. The Morgan fingerprint density at radius 3 is 2.53 bits per heavy atom. The van der Waals surface area contributed by atoms with Crippen molar-refractivity contribution in [2.75, 3.05) is 24.3 Å². The van der Waals surface area contributed by atoms with Gasteiger partial charge in [-0.15, -0.1) is 0 Å². The number of benzene rings is 1. The Labute approximate surface area is 114 Å². The summed E-state index contributed by atoms with van der Waals surface area (Å²) < 4.78 is 0. The molecule has 1 aromatic carbocycles. The molecule has 2 unspecified atom stereocenters. The second-order valence-electron chi connectivity index (χ2n) is 5.48. The summed E-state index contributed by atoms with van der Waals surface area (Å²) in [5.41, 5.74) is 2.24. The van der Waals surface area contributed by atoms with Gasteiger partial charge in [-0.25, -0.2) is 0 Å². The van der Waals surface area contributed by atoms with Crippen molar-refractivity contribution in [2.24, 2.45) is 5.92 Å². The fourth-order valence-corrected chi connectivity index (χ4v) is 2.64. The number of hydrogen-bond acceptors (Lipinski definition) is 3. The molecule has 4 nitrogen and oxygen atoms in total. The number of hydrogen-bond donors (Lipinski definition) is 2. The van der Waals surface area contributed by atoms with E-state index in [9.17, 15) is 4.79 Å². The van der Waals surface area contributed by atoms with Gasteiger partial charge in [-0.3, -0.25) is 4.79 Å². The van der Waals surface area contributed by atoms with Gasteiger partial charge in [0.2, 0.25) is 0 Å². The summed E-state index contributed by atoms with van der Waals surface area (Å²) in [5, 5.41) is 12.5. The van der Waals surface area contributed by atoms with Crippen molar-refractivity contribution in [1.82, 2.24) is 0 Å². The van der Waals surface area contributed by atoms with E-state index in [1.54, 1.807) is 0 Å². The van der Waals surface area contributed by atoms with Crippen LogP contribution in [0.4, 0.5) is 11.4 Å². The van der Waals surface area contributed by atoms with Crippen molar-refractivity contribution in [3.8, 4) is 0 Å². The van der Waals surface area contributed by atoms with Gasteiger partial charge < -0.3 is 15.3 Å². The SMILES string of the molecule is CN(C)c1ccc(NC2CCCC(C(=O)O)C2)cc1. The van der Waals surface area contributed by atoms with Gasteiger partial charge in [0.15, 0.2) is 0 Å². The molecule has 2 atom stereocenters. The van der Waals surface area contributed by atoms with Crippen LogP contribution < -0.4 is 10.2 Å². The first-order valence-electron chi connectivity index (χ1n) is 6.83. The summed E-state index contributed by atoms with van der Waals surface area (Å²) >= 11 is 0. The highest BCUT2D eigenvalue weighted by atomic mass is 16.4. The van der Waals surface area contributed by atoms with E-state index in [1.165, 1.54) is 0 Å². The molecule has 0 bridgehead atoms. The maximum absolute atomic E-state index is 11.0. The van der Waals surface area contributed by atoms with Gasteiger partial charge in [-0.05, 0) is 43.5 Å². The topological polar surface area (TPSA) is 52.6 Å². The van der Waals surface area contributed by atoms with E-state index in [4.69, 9.17) is 5.11 Å². The Bertz CT molecular complexity index is 428. The lowest BCUT2D eigenvalue weighted by Crippen LogP contribution is -2.30. The average molecular weight is 262 g/mol. The molecule has 1 aliphatic carbocycles. The van der Waals surface area contributed by atoms with Gasteiger partial charge in [0, 0.05) is 31.5 Å². The van der Waals surface area contributed by atoms with E-state index in [0.717, 1.165) is 37.1 Å². The average Bonchev–Trinajstić information content (AvgIpc) is 2.39. The van der Waals surface area contributed by atoms with Crippen molar-refractivity contribution in [2.45, 2.75) is 31.7 Å². The number of carboxylic acids is 1. The van der Waals surface area contributed by atoms with Gasteiger partial charge in [0.1, 0.15) is 0 Å². The second kappa shape index (κ2) is 5.95. The molecule has 0 saturated heterocycles. The highest BCUT2D eigenvalue weighted by Crippen LogP contribution is 2.27. The number of nitrogens with one attached hydrogen (secondary N) is 1. The zero-order chi connectivity index (χ0) is 13.8. The molecule has 4 heteroatoms. The van der Waals surface area contributed by atoms with Crippen LogP contribution in [0.5, 0.6) is 0 Å². The predicted molar refractivity (Wildman–Crippen MR) is 77.8 cm³/mol. The zero-order valence-corrected chi connectivity index (χ0v) is 11.6. The van der Waals surface area contributed by atoms with E-state index in [2.05, 4.69) is 34.5 Å². The molecule has 1 fully saturated rings. The molecule has 19 heavy (non-hydrogen) atoms. The summed E-state index contributed by atoms with van der Waals surface area (Å²) in [6.45, 7) is 0. The van der Waals surface area contributed by atoms with E-state index >= 15 is 0 Å². The molecule has 1 aromatic rings. The van der Waals surface area contributed by atoms with Gasteiger partial charge >= 0.3 is 5.97 Å². The minimum atomic E-state index is -0.658.